The molecule has 68 valence electrons. The van der Waals surface area contributed by atoms with Crippen molar-refractivity contribution in [2.24, 2.45) is 0 Å². The predicted octanol–water partition coefficient (Wildman–Crippen LogP) is 3.74. The van der Waals surface area contributed by atoms with E-state index in [0.29, 0.717) is 0 Å². The third-order valence-corrected chi connectivity index (χ3v) is 2.51. The molecule has 0 aromatic heterocycles. The Morgan fingerprint density at radius 2 is 1.85 bits per heavy atom. The van der Waals surface area contributed by atoms with Crippen LogP contribution in [0.3, 0.4) is 0 Å². The van der Waals surface area contributed by atoms with Gasteiger partial charge in [0.2, 0.25) is 0 Å². The lowest BCUT2D eigenvalue weighted by Gasteiger charge is -2.09. The molecule has 0 radical (unpaired) electrons. The minimum absolute atomic E-state index is 0.813. The van der Waals surface area contributed by atoms with Crippen LogP contribution in [0.4, 0.5) is 0 Å². The summed E-state index contributed by atoms with van der Waals surface area (Å²) in [5.41, 5.74) is 1.97. The summed E-state index contributed by atoms with van der Waals surface area (Å²) < 4.78 is 6.19. The van der Waals surface area contributed by atoms with Gasteiger partial charge in [0.25, 0.3) is 0 Å². The zero-order chi connectivity index (χ0) is 9.84. The van der Waals surface area contributed by atoms with E-state index in [-0.39, 0.29) is 0 Å². The molecule has 0 aliphatic heterocycles. The average Bonchev–Trinajstić information content (AvgIpc) is 2.17. The van der Waals surface area contributed by atoms with Crippen LogP contribution in [-0.2, 0) is 0 Å². The maximum atomic E-state index is 5.19. The van der Waals surface area contributed by atoms with Gasteiger partial charge in [-0.1, -0.05) is 41.2 Å². The molecule has 1 aromatic rings. The van der Waals surface area contributed by atoms with Gasteiger partial charge in [-0.2, -0.15) is 0 Å². The van der Waals surface area contributed by atoms with Gasteiger partial charge >= 0.3 is 0 Å². The first-order chi connectivity index (χ1) is 6.24. The van der Waals surface area contributed by atoms with Gasteiger partial charge in [-0.15, -0.1) is 0 Å². The minimum atomic E-state index is 0.813. The lowest BCUT2D eigenvalue weighted by molar-refractivity contribution is 0.413. The molecule has 0 aliphatic rings. The Morgan fingerprint density at radius 1 is 1.23 bits per heavy atom. The van der Waals surface area contributed by atoms with Crippen LogP contribution in [0.5, 0.6) is 5.75 Å². The van der Waals surface area contributed by atoms with E-state index in [4.69, 9.17) is 4.74 Å². The molecule has 1 nitrogen and oxygen atoms in total. The molecule has 0 saturated carbocycles. The standard InChI is InChI=1S/C11H11BrO/c1-4-8-9(5-2)11(13-3)7-6-10(8)12/h4-7H,1-2H2,3H3. The smallest absolute Gasteiger partial charge is 0.126 e. The largest absolute Gasteiger partial charge is 0.496 e. The third-order valence-electron chi connectivity index (χ3n) is 1.82. The number of hydrogen-bond donors (Lipinski definition) is 0. The molecule has 0 unspecified atom stereocenters. The normalized spacial score (nSPS) is 9.38. The Kier molecular flexibility index (Phi) is 3.32. The second-order valence-electron chi connectivity index (χ2n) is 2.49. The number of halogens is 1. The Morgan fingerprint density at radius 3 is 2.31 bits per heavy atom. The van der Waals surface area contributed by atoms with Gasteiger partial charge < -0.3 is 4.74 Å². The van der Waals surface area contributed by atoms with Crippen molar-refractivity contribution >= 4 is 28.1 Å². The molecule has 0 amide bonds. The SMILES string of the molecule is C=Cc1c(Br)ccc(OC)c1C=C. The summed E-state index contributed by atoms with van der Waals surface area (Å²) in [7, 11) is 1.64. The van der Waals surface area contributed by atoms with E-state index in [2.05, 4.69) is 29.1 Å². The summed E-state index contributed by atoms with van der Waals surface area (Å²) in [6.45, 7) is 7.48. The summed E-state index contributed by atoms with van der Waals surface area (Å²) in [5.74, 6) is 0.813. The quantitative estimate of drug-likeness (QED) is 0.780. The number of ether oxygens (including phenoxy) is 1. The van der Waals surface area contributed by atoms with E-state index in [1.54, 1.807) is 19.3 Å². The van der Waals surface area contributed by atoms with Crippen molar-refractivity contribution in [3.8, 4) is 5.75 Å². The van der Waals surface area contributed by atoms with Crippen molar-refractivity contribution in [1.82, 2.24) is 0 Å². The molecule has 13 heavy (non-hydrogen) atoms. The van der Waals surface area contributed by atoms with Gasteiger partial charge in [0, 0.05) is 10.0 Å². The van der Waals surface area contributed by atoms with Crippen molar-refractivity contribution < 1.29 is 4.74 Å². The molecule has 0 bridgehead atoms. The van der Waals surface area contributed by atoms with Crippen molar-refractivity contribution in [1.29, 1.82) is 0 Å². The van der Waals surface area contributed by atoms with Crippen LogP contribution in [0.1, 0.15) is 11.1 Å². The lowest BCUT2D eigenvalue weighted by Crippen LogP contribution is -1.90. The Hall–Kier alpha value is -1.02. The summed E-state index contributed by atoms with van der Waals surface area (Å²) in [5, 5.41) is 0. The van der Waals surface area contributed by atoms with Gasteiger partial charge in [-0.3, -0.25) is 0 Å². The fourth-order valence-corrected chi connectivity index (χ4v) is 1.69. The van der Waals surface area contributed by atoms with Crippen molar-refractivity contribution in [3.63, 3.8) is 0 Å². The average molecular weight is 239 g/mol. The van der Waals surface area contributed by atoms with E-state index in [1.165, 1.54) is 0 Å². The van der Waals surface area contributed by atoms with Crippen LogP contribution >= 0.6 is 15.9 Å². The second kappa shape index (κ2) is 4.28. The van der Waals surface area contributed by atoms with E-state index in [9.17, 15) is 0 Å². The maximum Gasteiger partial charge on any atom is 0.126 e. The molecule has 0 atom stereocenters. The Bertz CT molecular complexity index is 342. The summed E-state index contributed by atoms with van der Waals surface area (Å²) in [6.07, 6.45) is 3.55. The lowest BCUT2D eigenvalue weighted by atomic mass is 10.1. The highest BCUT2D eigenvalue weighted by atomic mass is 79.9. The number of methoxy groups -OCH3 is 1. The maximum absolute atomic E-state index is 5.19. The predicted molar refractivity (Wildman–Crippen MR) is 60.9 cm³/mol. The second-order valence-corrected chi connectivity index (χ2v) is 3.34. The van der Waals surface area contributed by atoms with Crippen molar-refractivity contribution in [2.45, 2.75) is 0 Å². The third kappa shape index (κ3) is 1.83. The van der Waals surface area contributed by atoms with Crippen LogP contribution in [0.15, 0.2) is 29.8 Å². The van der Waals surface area contributed by atoms with Crippen molar-refractivity contribution in [2.75, 3.05) is 7.11 Å². The van der Waals surface area contributed by atoms with Gasteiger partial charge in [0.1, 0.15) is 5.75 Å². The van der Waals surface area contributed by atoms with E-state index >= 15 is 0 Å². The minimum Gasteiger partial charge on any atom is -0.496 e. The highest BCUT2D eigenvalue weighted by Crippen LogP contribution is 2.30. The number of hydrogen-bond acceptors (Lipinski definition) is 1. The zero-order valence-electron chi connectivity index (χ0n) is 7.51. The van der Waals surface area contributed by atoms with Crippen LogP contribution in [-0.4, -0.2) is 7.11 Å². The Labute approximate surface area is 86.9 Å². The zero-order valence-corrected chi connectivity index (χ0v) is 9.10. The van der Waals surface area contributed by atoms with E-state index in [1.807, 2.05) is 12.1 Å². The number of benzene rings is 1. The molecule has 0 spiro atoms. The van der Waals surface area contributed by atoms with Crippen molar-refractivity contribution in [3.05, 3.63) is 40.9 Å². The fourth-order valence-electron chi connectivity index (χ4n) is 1.19. The van der Waals surface area contributed by atoms with Crippen LogP contribution < -0.4 is 4.74 Å². The highest BCUT2D eigenvalue weighted by Gasteiger charge is 2.06. The van der Waals surface area contributed by atoms with Crippen LogP contribution in [0.2, 0.25) is 0 Å². The van der Waals surface area contributed by atoms with Gasteiger partial charge in [0.15, 0.2) is 0 Å². The van der Waals surface area contributed by atoms with Gasteiger partial charge in [-0.05, 0) is 17.7 Å². The van der Waals surface area contributed by atoms with E-state index < -0.39 is 0 Å². The van der Waals surface area contributed by atoms with Gasteiger partial charge in [0.05, 0.1) is 7.11 Å². The monoisotopic (exact) mass is 238 g/mol. The first kappa shape index (κ1) is 10.1. The molecule has 0 saturated heterocycles. The molecule has 1 aromatic carbocycles. The molecular weight excluding hydrogens is 228 g/mol. The molecule has 0 N–H and O–H groups in total. The van der Waals surface area contributed by atoms with Crippen LogP contribution in [0, 0.1) is 0 Å². The molecule has 0 aliphatic carbocycles. The molecular formula is C11H11BrO. The first-order valence-corrected chi connectivity index (χ1v) is 4.65. The number of rotatable bonds is 3. The first-order valence-electron chi connectivity index (χ1n) is 3.86. The summed E-state index contributed by atoms with van der Waals surface area (Å²) in [4.78, 5) is 0. The van der Waals surface area contributed by atoms with Gasteiger partial charge in [-0.25, -0.2) is 0 Å². The molecule has 0 heterocycles. The summed E-state index contributed by atoms with van der Waals surface area (Å²) in [6, 6.07) is 3.83. The fraction of sp³-hybridized carbons (Fsp3) is 0.0909. The topological polar surface area (TPSA) is 9.23 Å². The Balaban J connectivity index is 3.44. The molecule has 1 rings (SSSR count). The molecule has 2 heteroatoms. The molecule has 0 fully saturated rings. The summed E-state index contributed by atoms with van der Waals surface area (Å²) >= 11 is 3.44. The van der Waals surface area contributed by atoms with E-state index in [0.717, 1.165) is 21.3 Å². The van der Waals surface area contributed by atoms with Crippen LogP contribution in [0.25, 0.3) is 12.2 Å². The highest BCUT2D eigenvalue weighted by molar-refractivity contribution is 9.10.